The highest BCUT2D eigenvalue weighted by Crippen LogP contribution is 2.15. The number of sulfonamides is 1. The molecule has 2 aromatic rings. The van der Waals surface area contributed by atoms with Crippen molar-refractivity contribution in [3.63, 3.8) is 0 Å². The van der Waals surface area contributed by atoms with Gasteiger partial charge in [0.15, 0.2) is 0 Å². The molecular formula is C18H20ClNO4S. The number of halogens is 1. The fourth-order valence-electron chi connectivity index (χ4n) is 2.24. The molecule has 0 bridgehead atoms. The molecule has 0 unspecified atom stereocenters. The van der Waals surface area contributed by atoms with Crippen molar-refractivity contribution in [2.24, 2.45) is 0 Å². The first-order valence-electron chi connectivity index (χ1n) is 7.80. The second-order valence-electron chi connectivity index (χ2n) is 5.52. The van der Waals surface area contributed by atoms with Crippen LogP contribution >= 0.6 is 11.6 Å². The number of rotatable bonds is 8. The predicted octanol–water partition coefficient (Wildman–Crippen LogP) is 3.31. The number of hydrogen-bond acceptors (Lipinski definition) is 4. The third kappa shape index (κ3) is 6.16. The predicted molar refractivity (Wildman–Crippen MR) is 96.9 cm³/mol. The van der Waals surface area contributed by atoms with Gasteiger partial charge in [0, 0.05) is 18.0 Å². The van der Waals surface area contributed by atoms with E-state index in [9.17, 15) is 13.2 Å². The molecule has 2 rings (SSSR count). The largest absolute Gasteiger partial charge is 0.469 e. The van der Waals surface area contributed by atoms with Crippen LogP contribution in [-0.2, 0) is 32.5 Å². The van der Waals surface area contributed by atoms with Crippen LogP contribution in [0.4, 0.5) is 0 Å². The van der Waals surface area contributed by atoms with Crippen molar-refractivity contribution < 1.29 is 17.9 Å². The molecule has 5 nitrogen and oxygen atoms in total. The third-order valence-corrected chi connectivity index (χ3v) is 5.36. The molecule has 0 aliphatic heterocycles. The third-order valence-electron chi connectivity index (χ3n) is 3.69. The van der Waals surface area contributed by atoms with Crippen LogP contribution < -0.4 is 4.72 Å². The van der Waals surface area contributed by atoms with Gasteiger partial charge in [0.1, 0.15) is 0 Å². The quantitative estimate of drug-likeness (QED) is 0.712. The molecule has 0 fully saturated rings. The number of esters is 1. The van der Waals surface area contributed by atoms with Crippen molar-refractivity contribution in [2.45, 2.75) is 30.7 Å². The van der Waals surface area contributed by atoms with Gasteiger partial charge in [0.05, 0.1) is 12.0 Å². The van der Waals surface area contributed by atoms with Crippen LogP contribution in [0.15, 0.2) is 53.4 Å². The second kappa shape index (κ2) is 8.99. The standard InChI is InChI=1S/C18H20ClNO4S/c1-24-18(21)4-2-3-14-5-7-15(8-6-14)13-20-25(22,23)17-11-9-16(19)10-12-17/h5-12,20H,2-4,13H2,1H3. The molecule has 0 atom stereocenters. The fourth-order valence-corrected chi connectivity index (χ4v) is 3.38. The summed E-state index contributed by atoms with van der Waals surface area (Å²) in [6.45, 7) is 0.202. The van der Waals surface area contributed by atoms with Crippen molar-refractivity contribution in [3.05, 3.63) is 64.7 Å². The van der Waals surface area contributed by atoms with Crippen LogP contribution in [0.1, 0.15) is 24.0 Å². The van der Waals surface area contributed by atoms with E-state index in [1.54, 1.807) is 12.1 Å². The zero-order valence-electron chi connectivity index (χ0n) is 13.9. The maximum absolute atomic E-state index is 12.2. The lowest BCUT2D eigenvalue weighted by Gasteiger charge is -2.08. The Hall–Kier alpha value is -1.89. The lowest BCUT2D eigenvalue weighted by Crippen LogP contribution is -2.23. The molecule has 25 heavy (non-hydrogen) atoms. The van der Waals surface area contributed by atoms with Gasteiger partial charge in [-0.15, -0.1) is 0 Å². The monoisotopic (exact) mass is 381 g/mol. The van der Waals surface area contributed by atoms with E-state index in [0.717, 1.165) is 24.0 Å². The summed E-state index contributed by atoms with van der Waals surface area (Å²) in [7, 11) is -2.19. The minimum absolute atomic E-state index is 0.177. The number of ether oxygens (including phenoxy) is 1. The topological polar surface area (TPSA) is 72.5 Å². The Labute approximate surface area is 153 Å². The van der Waals surface area contributed by atoms with Gasteiger partial charge >= 0.3 is 5.97 Å². The van der Waals surface area contributed by atoms with E-state index >= 15 is 0 Å². The van der Waals surface area contributed by atoms with Gasteiger partial charge in [-0.3, -0.25) is 4.79 Å². The van der Waals surface area contributed by atoms with Crippen LogP contribution in [0.5, 0.6) is 0 Å². The molecule has 7 heteroatoms. The summed E-state index contributed by atoms with van der Waals surface area (Å²) in [5.41, 5.74) is 1.95. The van der Waals surface area contributed by atoms with Crippen molar-refractivity contribution in [1.29, 1.82) is 0 Å². The SMILES string of the molecule is COC(=O)CCCc1ccc(CNS(=O)(=O)c2ccc(Cl)cc2)cc1. The molecule has 0 aromatic heterocycles. The van der Waals surface area contributed by atoms with E-state index < -0.39 is 10.0 Å². The molecule has 0 saturated heterocycles. The molecule has 0 spiro atoms. The Morgan fingerprint density at radius 1 is 1.04 bits per heavy atom. The molecular weight excluding hydrogens is 362 g/mol. The van der Waals surface area contributed by atoms with Crippen molar-refractivity contribution in [3.8, 4) is 0 Å². The van der Waals surface area contributed by atoms with Crippen molar-refractivity contribution in [1.82, 2.24) is 4.72 Å². The fraction of sp³-hybridized carbons (Fsp3) is 0.278. The molecule has 0 saturated carbocycles. The Kier molecular flexibility index (Phi) is 6.99. The average Bonchev–Trinajstić information content (AvgIpc) is 2.61. The number of carbonyl (C=O) groups excluding carboxylic acids is 1. The summed E-state index contributed by atoms with van der Waals surface area (Å²) in [6.07, 6.45) is 1.88. The van der Waals surface area contributed by atoms with Crippen LogP contribution in [0.3, 0.4) is 0 Å². The van der Waals surface area contributed by atoms with E-state index in [0.29, 0.717) is 11.4 Å². The Morgan fingerprint density at radius 2 is 1.64 bits per heavy atom. The number of nitrogens with one attached hydrogen (secondary N) is 1. The van der Waals surface area contributed by atoms with Gasteiger partial charge in [-0.05, 0) is 48.2 Å². The Balaban J connectivity index is 1.88. The summed E-state index contributed by atoms with van der Waals surface area (Å²) in [5.74, 6) is -0.215. The van der Waals surface area contributed by atoms with E-state index in [-0.39, 0.29) is 17.4 Å². The number of carbonyl (C=O) groups is 1. The number of benzene rings is 2. The first-order valence-corrected chi connectivity index (χ1v) is 9.67. The highest BCUT2D eigenvalue weighted by atomic mass is 35.5. The average molecular weight is 382 g/mol. The number of hydrogen-bond donors (Lipinski definition) is 1. The molecule has 0 radical (unpaired) electrons. The van der Waals surface area contributed by atoms with Gasteiger partial charge in [0.25, 0.3) is 0 Å². The Bertz CT molecular complexity index is 802. The molecule has 2 aromatic carbocycles. The normalized spacial score (nSPS) is 11.3. The number of aryl methyl sites for hydroxylation is 1. The van der Waals surface area contributed by atoms with Gasteiger partial charge in [-0.25, -0.2) is 13.1 Å². The van der Waals surface area contributed by atoms with E-state index in [4.69, 9.17) is 11.6 Å². The van der Waals surface area contributed by atoms with Gasteiger partial charge in [-0.1, -0.05) is 35.9 Å². The maximum atomic E-state index is 12.2. The van der Waals surface area contributed by atoms with Crippen molar-refractivity contribution >= 4 is 27.6 Å². The first-order chi connectivity index (χ1) is 11.9. The molecule has 0 heterocycles. The smallest absolute Gasteiger partial charge is 0.305 e. The zero-order chi connectivity index (χ0) is 18.3. The van der Waals surface area contributed by atoms with Gasteiger partial charge in [0.2, 0.25) is 10.0 Å². The maximum Gasteiger partial charge on any atom is 0.305 e. The molecule has 1 N–H and O–H groups in total. The summed E-state index contributed by atoms with van der Waals surface area (Å²) < 4.78 is 31.6. The summed E-state index contributed by atoms with van der Waals surface area (Å²) in [4.78, 5) is 11.3. The van der Waals surface area contributed by atoms with Gasteiger partial charge in [-0.2, -0.15) is 0 Å². The van der Waals surface area contributed by atoms with Crippen LogP contribution in [-0.4, -0.2) is 21.5 Å². The van der Waals surface area contributed by atoms with E-state index in [2.05, 4.69) is 9.46 Å². The summed E-state index contributed by atoms with van der Waals surface area (Å²) in [6, 6.07) is 13.6. The van der Waals surface area contributed by atoms with E-state index in [1.807, 2.05) is 24.3 Å². The molecule has 0 amide bonds. The Morgan fingerprint density at radius 3 is 2.24 bits per heavy atom. The van der Waals surface area contributed by atoms with E-state index in [1.165, 1.54) is 19.2 Å². The lowest BCUT2D eigenvalue weighted by molar-refractivity contribution is -0.140. The lowest BCUT2D eigenvalue weighted by atomic mass is 10.1. The minimum atomic E-state index is -3.57. The number of methoxy groups -OCH3 is 1. The van der Waals surface area contributed by atoms with Crippen LogP contribution in [0.2, 0.25) is 5.02 Å². The van der Waals surface area contributed by atoms with Crippen LogP contribution in [0.25, 0.3) is 0 Å². The van der Waals surface area contributed by atoms with Crippen LogP contribution in [0, 0.1) is 0 Å². The molecule has 134 valence electrons. The van der Waals surface area contributed by atoms with Crippen molar-refractivity contribution in [2.75, 3.05) is 7.11 Å². The zero-order valence-corrected chi connectivity index (χ0v) is 15.4. The summed E-state index contributed by atoms with van der Waals surface area (Å²) in [5, 5.41) is 0.488. The summed E-state index contributed by atoms with van der Waals surface area (Å²) >= 11 is 5.77. The second-order valence-corrected chi connectivity index (χ2v) is 7.73. The molecule has 0 aliphatic carbocycles. The molecule has 0 aliphatic rings. The highest BCUT2D eigenvalue weighted by Gasteiger charge is 2.13. The minimum Gasteiger partial charge on any atom is -0.469 e. The van der Waals surface area contributed by atoms with Gasteiger partial charge < -0.3 is 4.74 Å². The highest BCUT2D eigenvalue weighted by molar-refractivity contribution is 7.89. The first kappa shape index (κ1) is 19.4.